The van der Waals surface area contributed by atoms with Gasteiger partial charge >= 0.3 is 18.0 Å². The summed E-state index contributed by atoms with van der Waals surface area (Å²) in [5.41, 5.74) is 18.1. The molecule has 1 aromatic carbocycles. The number of guanidine groups is 1. The maximum absolute atomic E-state index is 13.6. The third-order valence-corrected chi connectivity index (χ3v) is 11.4. The van der Waals surface area contributed by atoms with Gasteiger partial charge in [0, 0.05) is 30.5 Å². The number of carbonyl (C=O) groups excluding carboxylic acids is 6. The molecule has 0 bridgehead atoms. The lowest BCUT2D eigenvalue weighted by molar-refractivity contribution is -0.146. The molecule has 22 nitrogen and oxygen atoms in total. The Kier molecular flexibility index (Phi) is 19.6. The second-order valence-electron chi connectivity index (χ2n) is 16.9. The molecular formula is C40H65N9O13S. The van der Waals surface area contributed by atoms with Crippen LogP contribution in [0.25, 0.3) is 0 Å². The van der Waals surface area contributed by atoms with E-state index in [0.29, 0.717) is 42.7 Å². The van der Waals surface area contributed by atoms with Crippen molar-refractivity contribution in [3.05, 3.63) is 22.3 Å². The molecule has 1 heterocycles. The first kappa shape index (κ1) is 53.4. The van der Waals surface area contributed by atoms with Gasteiger partial charge in [0.25, 0.3) is 10.0 Å². The number of methoxy groups -OCH3 is 1. The lowest BCUT2D eigenvalue weighted by Crippen LogP contribution is -2.58. The van der Waals surface area contributed by atoms with Crippen molar-refractivity contribution in [2.45, 2.75) is 153 Å². The number of ether oxygens (including phenoxy) is 3. The minimum atomic E-state index is -4.23. The monoisotopic (exact) mass is 911 g/mol. The summed E-state index contributed by atoms with van der Waals surface area (Å²) in [7, 11) is -3.18. The number of carboxylic acids is 1. The van der Waals surface area contributed by atoms with Crippen LogP contribution in [0.4, 0.5) is 4.79 Å². The van der Waals surface area contributed by atoms with E-state index in [2.05, 4.69) is 31.0 Å². The van der Waals surface area contributed by atoms with Gasteiger partial charge in [-0.2, -0.15) is 0 Å². The van der Waals surface area contributed by atoms with Crippen LogP contribution in [0.15, 0.2) is 9.89 Å². The number of nitrogens with zero attached hydrogens (tertiary/aromatic N) is 1. The SMILES string of the molecule is COC(=O)C(CCCN=C(N)NS(=O)(=O)c1c(C)c(C)c2c(c1C)OC(C)(C)C2)NC(=O)C(CC(=O)O)NC(=O)C(CCC(N)=O)NC(=O)C(CCCCN)NC(=O)OC(C)(C)C. The fourth-order valence-electron chi connectivity index (χ4n) is 6.74. The average molecular weight is 912 g/mol. The van der Waals surface area contributed by atoms with Gasteiger partial charge in [0.1, 0.15) is 41.1 Å². The molecule has 1 aromatic rings. The highest BCUT2D eigenvalue weighted by Gasteiger charge is 2.37. The summed E-state index contributed by atoms with van der Waals surface area (Å²) in [6.07, 6.45) is -1.21. The van der Waals surface area contributed by atoms with Crippen molar-refractivity contribution in [2.24, 2.45) is 22.2 Å². The zero-order valence-corrected chi connectivity index (χ0v) is 38.3. The molecule has 5 amide bonds. The van der Waals surface area contributed by atoms with Crippen molar-refractivity contribution in [3.8, 4) is 5.75 Å². The second-order valence-corrected chi connectivity index (χ2v) is 18.5. The molecular weight excluding hydrogens is 847 g/mol. The third kappa shape index (κ3) is 16.8. The van der Waals surface area contributed by atoms with Gasteiger partial charge in [0.15, 0.2) is 0 Å². The summed E-state index contributed by atoms with van der Waals surface area (Å²) in [6, 6.07) is -5.99. The van der Waals surface area contributed by atoms with E-state index in [9.17, 15) is 47.1 Å². The molecule has 4 atom stereocenters. The van der Waals surface area contributed by atoms with Crippen molar-refractivity contribution in [2.75, 3.05) is 20.2 Å². The van der Waals surface area contributed by atoms with E-state index in [0.717, 1.165) is 18.2 Å². The van der Waals surface area contributed by atoms with Gasteiger partial charge in [0.2, 0.25) is 29.6 Å². The third-order valence-electron chi connectivity index (χ3n) is 9.81. The summed E-state index contributed by atoms with van der Waals surface area (Å²) in [5.74, 6) is -6.29. The number of nitrogens with one attached hydrogen (secondary N) is 5. The van der Waals surface area contributed by atoms with Crippen LogP contribution in [0, 0.1) is 20.8 Å². The summed E-state index contributed by atoms with van der Waals surface area (Å²) in [6.45, 7) is 14.0. The number of hydrogen-bond donors (Lipinski definition) is 9. The molecule has 12 N–H and O–H groups in total. The quantitative estimate of drug-likeness (QED) is 0.0304. The number of rotatable bonds is 23. The van der Waals surface area contributed by atoms with E-state index in [4.69, 9.17) is 31.4 Å². The molecule has 63 heavy (non-hydrogen) atoms. The zero-order chi connectivity index (χ0) is 48.0. The summed E-state index contributed by atoms with van der Waals surface area (Å²) in [5, 5.41) is 19.1. The van der Waals surface area contributed by atoms with Crippen molar-refractivity contribution >= 4 is 57.6 Å². The van der Waals surface area contributed by atoms with E-state index in [1.807, 2.05) is 20.8 Å². The van der Waals surface area contributed by atoms with Gasteiger partial charge in [-0.3, -0.25) is 29.0 Å². The molecule has 2 rings (SSSR count). The van der Waals surface area contributed by atoms with E-state index in [-0.39, 0.29) is 37.1 Å². The zero-order valence-electron chi connectivity index (χ0n) is 37.5. The number of carboxylic acid groups (broad SMARTS) is 1. The first-order valence-corrected chi connectivity index (χ1v) is 21.9. The minimum absolute atomic E-state index is 0.00497. The average Bonchev–Trinajstić information content (AvgIpc) is 3.49. The van der Waals surface area contributed by atoms with Crippen LogP contribution >= 0.6 is 0 Å². The Morgan fingerprint density at radius 2 is 1.38 bits per heavy atom. The topological polar surface area (TPSA) is 352 Å². The first-order valence-electron chi connectivity index (χ1n) is 20.5. The Morgan fingerprint density at radius 1 is 0.825 bits per heavy atom. The van der Waals surface area contributed by atoms with Gasteiger partial charge in [-0.25, -0.2) is 22.7 Å². The highest BCUT2D eigenvalue weighted by atomic mass is 32.2. The molecule has 4 unspecified atom stereocenters. The summed E-state index contributed by atoms with van der Waals surface area (Å²) >= 11 is 0. The normalized spacial score (nSPS) is 15.3. The molecule has 0 saturated heterocycles. The van der Waals surface area contributed by atoms with E-state index >= 15 is 0 Å². The van der Waals surface area contributed by atoms with Crippen molar-refractivity contribution in [3.63, 3.8) is 0 Å². The molecule has 0 fully saturated rings. The molecule has 0 spiro atoms. The number of sulfonamides is 1. The van der Waals surface area contributed by atoms with Crippen molar-refractivity contribution in [1.82, 2.24) is 26.0 Å². The number of carbonyl (C=O) groups is 7. The molecule has 0 aliphatic carbocycles. The van der Waals surface area contributed by atoms with Gasteiger partial charge in [-0.15, -0.1) is 0 Å². The number of fused-ring (bicyclic) bond motifs is 1. The van der Waals surface area contributed by atoms with E-state index in [1.165, 1.54) is 0 Å². The van der Waals surface area contributed by atoms with Gasteiger partial charge in [0.05, 0.1) is 18.4 Å². The maximum Gasteiger partial charge on any atom is 0.408 e. The fourth-order valence-corrected chi connectivity index (χ4v) is 8.24. The number of aliphatic carboxylic acids is 1. The highest BCUT2D eigenvalue weighted by molar-refractivity contribution is 7.90. The largest absolute Gasteiger partial charge is 0.487 e. The Bertz CT molecular complexity index is 2020. The lowest BCUT2D eigenvalue weighted by atomic mass is 9.93. The number of aliphatic imine (C=N–C) groups is 1. The molecule has 0 saturated carbocycles. The van der Waals surface area contributed by atoms with Crippen LogP contribution in [0.1, 0.15) is 108 Å². The molecule has 0 radical (unpaired) electrons. The van der Waals surface area contributed by atoms with Gasteiger partial charge < -0.3 is 57.8 Å². The predicted octanol–water partition coefficient (Wildman–Crippen LogP) is 0.0885. The predicted molar refractivity (Wildman–Crippen MR) is 230 cm³/mol. The van der Waals surface area contributed by atoms with Crippen LogP contribution in [-0.4, -0.2) is 117 Å². The Labute approximate surface area is 368 Å². The summed E-state index contributed by atoms with van der Waals surface area (Å²) in [4.78, 5) is 93.5. The molecule has 354 valence electrons. The number of hydrogen-bond acceptors (Lipinski definition) is 14. The fraction of sp³-hybridized carbons (Fsp3) is 0.650. The highest BCUT2D eigenvalue weighted by Crippen LogP contribution is 2.43. The number of unbranched alkanes of at least 4 members (excludes halogenated alkanes) is 1. The molecule has 0 aromatic heterocycles. The van der Waals surface area contributed by atoms with Crippen LogP contribution < -0.4 is 47.9 Å². The van der Waals surface area contributed by atoms with Crippen LogP contribution in [0.2, 0.25) is 0 Å². The summed E-state index contributed by atoms with van der Waals surface area (Å²) < 4.78 is 45.5. The van der Waals surface area contributed by atoms with Crippen molar-refractivity contribution in [1.29, 1.82) is 0 Å². The molecule has 1 aliphatic heterocycles. The minimum Gasteiger partial charge on any atom is -0.487 e. The smallest absolute Gasteiger partial charge is 0.408 e. The molecule has 1 aliphatic rings. The van der Waals surface area contributed by atoms with E-state index < -0.39 is 106 Å². The maximum atomic E-state index is 13.6. The van der Waals surface area contributed by atoms with Gasteiger partial charge in [-0.05, 0) is 112 Å². The standard InChI is InChI=1S/C40H65N9O13S/c1-21-22(2)32(23(3)31-24(21)20-40(7,8)61-31)63(58,59)49-37(43)44-18-12-14-27(36(56)60-9)46-35(55)28(19-30(51)52)47-34(54)26(15-16-29(42)50)45-33(53)25(13-10-11-17-41)48-38(57)62-39(4,5)6/h25-28H,10-20,41H2,1-9H3,(H2,42,50)(H,45,53)(H,46,55)(H,47,54)(H,48,57)(H,51,52)(H3,43,44,49). The second kappa shape index (κ2) is 23.1. The molecule has 23 heteroatoms. The lowest BCUT2D eigenvalue weighted by Gasteiger charge is -2.26. The number of benzene rings is 1. The number of primary amides is 1. The first-order chi connectivity index (χ1) is 29.1. The number of alkyl carbamates (subject to hydrolysis) is 1. The number of nitrogens with two attached hydrogens (primary N) is 3. The van der Waals surface area contributed by atoms with Crippen molar-refractivity contribution < 1.29 is 61.3 Å². The Balaban J connectivity index is 2.22. The number of esters is 1. The van der Waals surface area contributed by atoms with E-state index in [1.54, 1.807) is 34.6 Å². The Morgan fingerprint density at radius 3 is 1.94 bits per heavy atom. The number of amides is 5. The van der Waals surface area contributed by atoms with Crippen LogP contribution in [-0.2, 0) is 54.7 Å². The van der Waals surface area contributed by atoms with Gasteiger partial charge in [-0.1, -0.05) is 0 Å². The van der Waals surface area contributed by atoms with Crippen LogP contribution in [0.5, 0.6) is 5.75 Å². The van der Waals surface area contributed by atoms with Crippen LogP contribution in [0.3, 0.4) is 0 Å². The Hall–Kier alpha value is -5.71.